The van der Waals surface area contributed by atoms with E-state index in [9.17, 15) is 0 Å². The highest BCUT2D eigenvalue weighted by Crippen LogP contribution is 2.14. The van der Waals surface area contributed by atoms with Crippen LogP contribution >= 0.6 is 11.8 Å². The summed E-state index contributed by atoms with van der Waals surface area (Å²) in [5.41, 5.74) is 3.07. The van der Waals surface area contributed by atoms with Gasteiger partial charge in [0, 0.05) is 16.5 Å². The molecule has 0 radical (unpaired) electrons. The lowest BCUT2D eigenvalue weighted by Crippen LogP contribution is -2.13. The molecule has 0 aromatic carbocycles. The van der Waals surface area contributed by atoms with E-state index >= 15 is 0 Å². The van der Waals surface area contributed by atoms with Crippen LogP contribution in [0, 0.1) is 0 Å². The first-order valence-electron chi connectivity index (χ1n) is 4.63. The summed E-state index contributed by atoms with van der Waals surface area (Å²) in [5.74, 6) is 1.24. The summed E-state index contributed by atoms with van der Waals surface area (Å²) in [6, 6.07) is 0. The van der Waals surface area contributed by atoms with Gasteiger partial charge in [0.1, 0.15) is 0 Å². The molecule has 1 aromatic rings. The Balaban J connectivity index is 2.36. The first kappa shape index (κ1) is 7.51. The summed E-state index contributed by atoms with van der Waals surface area (Å²) in [5, 5.41) is 4.93. The van der Waals surface area contributed by atoms with Gasteiger partial charge in [-0.3, -0.25) is 0 Å². The van der Waals surface area contributed by atoms with Gasteiger partial charge in [0.2, 0.25) is 0 Å². The normalized spacial score (nSPS) is 18.5. The molecular formula is C11H11NS. The lowest BCUT2D eigenvalue weighted by Gasteiger charge is -2.06. The largest absolute Gasteiger partial charge is 0.355 e. The number of hydrogen-bond acceptors (Lipinski definition) is 1. The molecular weight excluding hydrogens is 178 g/mol. The van der Waals surface area contributed by atoms with Crippen LogP contribution in [0.2, 0.25) is 0 Å². The van der Waals surface area contributed by atoms with Gasteiger partial charge in [-0.2, -0.15) is 0 Å². The van der Waals surface area contributed by atoms with E-state index in [-0.39, 0.29) is 0 Å². The highest BCUT2D eigenvalue weighted by atomic mass is 32.2. The monoisotopic (exact) mass is 189 g/mol. The van der Waals surface area contributed by atoms with Crippen molar-refractivity contribution in [2.24, 2.45) is 0 Å². The standard InChI is InChI=1S/C11H11NS/c1-2-4-10-8(3-1)9-5-6-13-7-11(9)12-10/h1-2,4,7,12H,3,5-6H2. The number of nitrogens with one attached hydrogen (secondary N) is 1. The molecule has 0 spiro atoms. The van der Waals surface area contributed by atoms with Gasteiger partial charge in [0.15, 0.2) is 0 Å². The van der Waals surface area contributed by atoms with Gasteiger partial charge in [-0.25, -0.2) is 0 Å². The van der Waals surface area contributed by atoms with E-state index in [1.165, 1.54) is 28.4 Å². The molecule has 2 heterocycles. The molecule has 1 aliphatic carbocycles. The fourth-order valence-electron chi connectivity index (χ4n) is 2.04. The lowest BCUT2D eigenvalue weighted by molar-refractivity contribution is 1.09. The maximum atomic E-state index is 3.47. The number of aromatic amines is 1. The molecule has 1 nitrogen and oxygen atoms in total. The van der Waals surface area contributed by atoms with Crippen molar-refractivity contribution in [2.75, 3.05) is 5.75 Å². The number of allylic oxidation sites excluding steroid dienone is 2. The van der Waals surface area contributed by atoms with Gasteiger partial charge in [0.25, 0.3) is 0 Å². The molecule has 2 aliphatic rings. The quantitative estimate of drug-likeness (QED) is 0.642. The third kappa shape index (κ3) is 1.09. The minimum absolute atomic E-state index is 1.11. The van der Waals surface area contributed by atoms with Crippen molar-refractivity contribution in [2.45, 2.75) is 12.8 Å². The third-order valence-electron chi connectivity index (χ3n) is 2.68. The first-order valence-corrected chi connectivity index (χ1v) is 5.68. The second-order valence-electron chi connectivity index (χ2n) is 3.45. The predicted molar refractivity (Wildman–Crippen MR) is 58.0 cm³/mol. The molecule has 66 valence electrons. The number of hydrogen-bond donors (Lipinski definition) is 1. The van der Waals surface area contributed by atoms with Crippen LogP contribution in [0.5, 0.6) is 0 Å². The van der Waals surface area contributed by atoms with Gasteiger partial charge in [0.05, 0.1) is 0 Å². The SMILES string of the molecule is C1=CCc2c3c([nH]c2=C1)=CSCC3. The molecule has 0 unspecified atom stereocenters. The number of rotatable bonds is 0. The second kappa shape index (κ2) is 2.81. The molecule has 1 aromatic heterocycles. The van der Waals surface area contributed by atoms with Gasteiger partial charge in [-0.15, -0.1) is 11.8 Å². The highest BCUT2D eigenvalue weighted by Gasteiger charge is 2.11. The van der Waals surface area contributed by atoms with Gasteiger partial charge < -0.3 is 4.98 Å². The van der Waals surface area contributed by atoms with Crippen molar-refractivity contribution in [3.05, 3.63) is 34.0 Å². The van der Waals surface area contributed by atoms with Crippen LogP contribution in [0.25, 0.3) is 11.5 Å². The van der Waals surface area contributed by atoms with Crippen LogP contribution in [-0.4, -0.2) is 10.7 Å². The van der Waals surface area contributed by atoms with E-state index in [0.29, 0.717) is 0 Å². The Labute approximate surface area is 81.2 Å². The fraction of sp³-hybridized carbons (Fsp3) is 0.273. The van der Waals surface area contributed by atoms with Crippen LogP contribution in [-0.2, 0) is 12.8 Å². The van der Waals surface area contributed by atoms with E-state index in [1.54, 1.807) is 5.56 Å². The van der Waals surface area contributed by atoms with Gasteiger partial charge in [-0.1, -0.05) is 12.2 Å². The minimum Gasteiger partial charge on any atom is -0.355 e. The Bertz CT molecular complexity index is 479. The van der Waals surface area contributed by atoms with E-state index in [0.717, 1.165) is 6.42 Å². The fourth-order valence-corrected chi connectivity index (χ4v) is 2.84. The molecule has 0 fully saturated rings. The molecule has 0 saturated carbocycles. The Morgan fingerprint density at radius 1 is 1.23 bits per heavy atom. The summed E-state index contributed by atoms with van der Waals surface area (Å²) in [7, 11) is 0. The van der Waals surface area contributed by atoms with E-state index in [4.69, 9.17) is 0 Å². The zero-order chi connectivity index (χ0) is 8.67. The van der Waals surface area contributed by atoms with Crippen molar-refractivity contribution in [3.63, 3.8) is 0 Å². The molecule has 0 amide bonds. The Morgan fingerprint density at radius 3 is 3.23 bits per heavy atom. The summed E-state index contributed by atoms with van der Waals surface area (Å²) >= 11 is 1.91. The zero-order valence-corrected chi connectivity index (χ0v) is 8.16. The average molecular weight is 189 g/mol. The second-order valence-corrected chi connectivity index (χ2v) is 4.42. The maximum Gasteiger partial charge on any atom is 0.0484 e. The molecule has 2 heteroatoms. The Morgan fingerprint density at radius 2 is 2.23 bits per heavy atom. The Hall–Kier alpha value is -0.890. The zero-order valence-electron chi connectivity index (χ0n) is 7.34. The number of fused-ring (bicyclic) bond motifs is 3. The molecule has 3 rings (SSSR count). The van der Waals surface area contributed by atoms with Gasteiger partial charge >= 0.3 is 0 Å². The summed E-state index contributed by atoms with van der Waals surface area (Å²) < 4.78 is 0. The smallest absolute Gasteiger partial charge is 0.0484 e. The molecule has 0 saturated heterocycles. The molecule has 13 heavy (non-hydrogen) atoms. The first-order chi connectivity index (χ1) is 6.45. The summed E-state index contributed by atoms with van der Waals surface area (Å²) in [6.07, 6.45) is 8.88. The lowest BCUT2D eigenvalue weighted by atomic mass is 10.0. The van der Waals surface area contributed by atoms with Crippen molar-refractivity contribution in [3.8, 4) is 0 Å². The van der Waals surface area contributed by atoms with Crippen LogP contribution in [0.15, 0.2) is 12.2 Å². The van der Waals surface area contributed by atoms with Gasteiger partial charge in [-0.05, 0) is 35.5 Å². The Kier molecular flexibility index (Phi) is 1.62. The topological polar surface area (TPSA) is 15.8 Å². The van der Waals surface area contributed by atoms with Crippen molar-refractivity contribution in [1.29, 1.82) is 0 Å². The number of H-pyrrole nitrogens is 1. The molecule has 1 N–H and O–H groups in total. The third-order valence-corrected chi connectivity index (χ3v) is 3.52. The predicted octanol–water partition coefficient (Wildman–Crippen LogP) is 0.935. The highest BCUT2D eigenvalue weighted by molar-refractivity contribution is 8.06. The van der Waals surface area contributed by atoms with Crippen molar-refractivity contribution in [1.82, 2.24) is 4.98 Å². The van der Waals surface area contributed by atoms with E-state index in [2.05, 4.69) is 28.6 Å². The average Bonchev–Trinajstić information content (AvgIpc) is 2.56. The van der Waals surface area contributed by atoms with Crippen LogP contribution in [0.3, 0.4) is 0 Å². The number of aromatic nitrogens is 1. The molecule has 1 aliphatic heterocycles. The van der Waals surface area contributed by atoms with E-state index in [1.807, 2.05) is 11.8 Å². The minimum atomic E-state index is 1.11. The maximum absolute atomic E-state index is 3.47. The van der Waals surface area contributed by atoms with E-state index < -0.39 is 0 Å². The number of thioether (sulfide) groups is 1. The van der Waals surface area contributed by atoms with Crippen LogP contribution in [0.4, 0.5) is 0 Å². The summed E-state index contributed by atoms with van der Waals surface area (Å²) in [6.45, 7) is 0. The van der Waals surface area contributed by atoms with Crippen molar-refractivity contribution >= 4 is 23.2 Å². The van der Waals surface area contributed by atoms with Crippen LogP contribution in [0.1, 0.15) is 11.1 Å². The summed E-state index contributed by atoms with van der Waals surface area (Å²) in [4.78, 5) is 3.47. The van der Waals surface area contributed by atoms with Crippen molar-refractivity contribution < 1.29 is 0 Å². The van der Waals surface area contributed by atoms with Crippen LogP contribution < -0.4 is 10.7 Å². The molecule has 0 bridgehead atoms. The molecule has 0 atom stereocenters.